The molecule has 0 bridgehead atoms. The summed E-state index contributed by atoms with van der Waals surface area (Å²) in [5.74, 6) is 1.05. The van der Waals surface area contributed by atoms with Crippen LogP contribution < -0.4 is 10.5 Å². The Morgan fingerprint density at radius 2 is 1.96 bits per heavy atom. The fourth-order valence-electron chi connectivity index (χ4n) is 2.94. The summed E-state index contributed by atoms with van der Waals surface area (Å²) >= 11 is 0. The molecule has 1 saturated heterocycles. The van der Waals surface area contributed by atoms with Gasteiger partial charge < -0.3 is 19.3 Å². The highest BCUT2D eigenvalue weighted by Crippen LogP contribution is 2.15. The van der Waals surface area contributed by atoms with Crippen LogP contribution in [0.25, 0.3) is 0 Å². The Morgan fingerprint density at radius 3 is 2.54 bits per heavy atom. The molecule has 0 aliphatic carbocycles. The molecule has 0 aromatic carbocycles. The highest BCUT2D eigenvalue weighted by Gasteiger charge is 2.24. The van der Waals surface area contributed by atoms with Crippen molar-refractivity contribution in [1.29, 1.82) is 0 Å². The van der Waals surface area contributed by atoms with Crippen molar-refractivity contribution in [2.75, 3.05) is 44.8 Å². The van der Waals surface area contributed by atoms with Crippen molar-refractivity contribution >= 4 is 12.0 Å². The molecule has 2 rings (SSSR count). The third-order valence-electron chi connectivity index (χ3n) is 4.45. The highest BCUT2D eigenvalue weighted by atomic mass is 16.6. The molecule has 1 aromatic heterocycles. The van der Waals surface area contributed by atoms with Crippen LogP contribution in [0, 0.1) is 5.92 Å². The van der Waals surface area contributed by atoms with Gasteiger partial charge in [-0.3, -0.25) is 9.78 Å². The van der Waals surface area contributed by atoms with Crippen LogP contribution in [-0.2, 0) is 22.5 Å². The first-order valence-electron chi connectivity index (χ1n) is 9.23. The van der Waals surface area contributed by atoms with Gasteiger partial charge in [-0.2, -0.15) is 0 Å². The predicted octanol–water partition coefficient (Wildman–Crippen LogP) is 1.78. The number of nitrogens with zero attached hydrogens (tertiary/aromatic N) is 3. The number of aromatic nitrogens is 2. The molecular weight excluding hydrogens is 336 g/mol. The number of piperazine rings is 1. The van der Waals surface area contributed by atoms with E-state index in [1.807, 2.05) is 4.90 Å². The van der Waals surface area contributed by atoms with E-state index in [9.17, 15) is 9.59 Å². The molecule has 2 heterocycles. The van der Waals surface area contributed by atoms with Crippen molar-refractivity contribution < 1.29 is 14.3 Å². The summed E-state index contributed by atoms with van der Waals surface area (Å²) in [6.45, 7) is 9.01. The Balaban J connectivity index is 2.13. The zero-order valence-electron chi connectivity index (χ0n) is 16.2. The lowest BCUT2D eigenvalue weighted by Gasteiger charge is -2.34. The summed E-state index contributed by atoms with van der Waals surface area (Å²) in [6.07, 6.45) is 1.33. The van der Waals surface area contributed by atoms with Crippen LogP contribution >= 0.6 is 0 Å². The monoisotopic (exact) mass is 366 g/mol. The fourth-order valence-corrected chi connectivity index (χ4v) is 2.94. The fraction of sp³-hybridized carbons (Fsp3) is 0.722. The Morgan fingerprint density at radius 1 is 1.27 bits per heavy atom. The van der Waals surface area contributed by atoms with Crippen LogP contribution in [-0.4, -0.2) is 60.9 Å². The molecule has 0 spiro atoms. The number of hydrogen-bond donors (Lipinski definition) is 1. The highest BCUT2D eigenvalue weighted by molar-refractivity contribution is 5.68. The van der Waals surface area contributed by atoms with Crippen molar-refractivity contribution in [2.24, 2.45) is 5.92 Å². The van der Waals surface area contributed by atoms with E-state index in [0.29, 0.717) is 68.9 Å². The zero-order valence-corrected chi connectivity index (χ0v) is 16.2. The first-order chi connectivity index (χ1) is 12.5. The molecule has 1 N–H and O–H groups in total. The maximum absolute atomic E-state index is 12.6. The van der Waals surface area contributed by atoms with E-state index in [4.69, 9.17) is 9.47 Å². The van der Waals surface area contributed by atoms with Crippen LogP contribution in [0.4, 0.5) is 10.7 Å². The van der Waals surface area contributed by atoms with E-state index in [-0.39, 0.29) is 11.7 Å². The van der Waals surface area contributed by atoms with Gasteiger partial charge in [-0.1, -0.05) is 13.8 Å². The van der Waals surface area contributed by atoms with Gasteiger partial charge in [-0.05, 0) is 25.7 Å². The Bertz CT molecular complexity index is 651. The van der Waals surface area contributed by atoms with Gasteiger partial charge >= 0.3 is 6.09 Å². The number of hydrogen-bond acceptors (Lipinski definition) is 6. The zero-order chi connectivity index (χ0) is 19.1. The summed E-state index contributed by atoms with van der Waals surface area (Å²) in [5, 5.41) is 0. The number of methoxy groups -OCH3 is 1. The first-order valence-corrected chi connectivity index (χ1v) is 9.23. The summed E-state index contributed by atoms with van der Waals surface area (Å²) in [5.41, 5.74) is 1.30. The maximum Gasteiger partial charge on any atom is 0.409 e. The van der Waals surface area contributed by atoms with Crippen molar-refractivity contribution in [3.05, 3.63) is 21.6 Å². The summed E-state index contributed by atoms with van der Waals surface area (Å²) in [6, 6.07) is 0. The maximum atomic E-state index is 12.6. The number of ether oxygens (including phenoxy) is 2. The smallest absolute Gasteiger partial charge is 0.409 e. The quantitative estimate of drug-likeness (QED) is 0.791. The topological polar surface area (TPSA) is 87.8 Å². The minimum absolute atomic E-state index is 0.101. The molecular formula is C18H30N4O4. The molecule has 1 amide bonds. The second kappa shape index (κ2) is 9.56. The van der Waals surface area contributed by atoms with Gasteiger partial charge in [0.2, 0.25) is 5.95 Å². The van der Waals surface area contributed by atoms with Gasteiger partial charge in [0.25, 0.3) is 5.56 Å². The second-order valence-corrected chi connectivity index (χ2v) is 6.85. The standard InChI is InChI=1S/C18H30N4O4/c1-5-26-18(24)22-10-8-21(9-11-22)17-19-15(12-25-4)14(16(23)20-17)7-6-13(2)3/h13H,5-12H2,1-4H3,(H,19,20,23). The van der Waals surface area contributed by atoms with E-state index >= 15 is 0 Å². The Hall–Kier alpha value is -2.09. The van der Waals surface area contributed by atoms with Crippen LogP contribution in [0.2, 0.25) is 0 Å². The lowest BCUT2D eigenvalue weighted by molar-refractivity contribution is 0.105. The van der Waals surface area contributed by atoms with Gasteiger partial charge in [-0.25, -0.2) is 9.78 Å². The Labute approximate surface area is 154 Å². The number of nitrogens with one attached hydrogen (secondary N) is 1. The lowest BCUT2D eigenvalue weighted by Crippen LogP contribution is -2.49. The van der Waals surface area contributed by atoms with Crippen LogP contribution in [0.1, 0.15) is 38.4 Å². The van der Waals surface area contributed by atoms with Crippen LogP contribution in [0.3, 0.4) is 0 Å². The molecule has 8 heteroatoms. The second-order valence-electron chi connectivity index (χ2n) is 6.85. The molecule has 1 fully saturated rings. The molecule has 0 radical (unpaired) electrons. The third-order valence-corrected chi connectivity index (χ3v) is 4.45. The largest absolute Gasteiger partial charge is 0.450 e. The number of carbonyl (C=O) groups is 1. The van der Waals surface area contributed by atoms with Gasteiger partial charge in [0, 0.05) is 38.9 Å². The van der Waals surface area contributed by atoms with Gasteiger partial charge in [0.05, 0.1) is 18.9 Å². The first kappa shape index (κ1) is 20.2. The predicted molar refractivity (Wildman–Crippen MR) is 99.5 cm³/mol. The number of amides is 1. The number of H-pyrrole nitrogens is 1. The molecule has 0 atom stereocenters. The molecule has 1 aliphatic rings. The Kier molecular flexibility index (Phi) is 7.44. The average Bonchev–Trinajstić information content (AvgIpc) is 2.61. The van der Waals surface area contributed by atoms with Gasteiger partial charge in [0.15, 0.2) is 0 Å². The third kappa shape index (κ3) is 5.20. The minimum Gasteiger partial charge on any atom is -0.450 e. The van der Waals surface area contributed by atoms with E-state index < -0.39 is 0 Å². The number of anilines is 1. The SMILES string of the molecule is CCOC(=O)N1CCN(c2nc(COC)c(CCC(C)C)c(=O)[nH]2)CC1. The van der Waals surface area contributed by atoms with Crippen molar-refractivity contribution in [1.82, 2.24) is 14.9 Å². The van der Waals surface area contributed by atoms with Crippen molar-refractivity contribution in [3.63, 3.8) is 0 Å². The molecule has 1 aromatic rings. The van der Waals surface area contributed by atoms with E-state index in [1.54, 1.807) is 18.9 Å². The minimum atomic E-state index is -0.294. The van der Waals surface area contributed by atoms with Crippen LogP contribution in [0.5, 0.6) is 0 Å². The normalized spacial score (nSPS) is 14.8. The number of carbonyl (C=O) groups excluding carboxylic acids is 1. The molecule has 0 saturated carbocycles. The van der Waals surface area contributed by atoms with E-state index in [0.717, 1.165) is 6.42 Å². The average molecular weight is 366 g/mol. The molecule has 1 aliphatic heterocycles. The summed E-state index contributed by atoms with van der Waals surface area (Å²) < 4.78 is 10.3. The number of aromatic amines is 1. The lowest BCUT2D eigenvalue weighted by atomic mass is 10.0. The van der Waals surface area contributed by atoms with E-state index in [2.05, 4.69) is 23.8 Å². The number of rotatable bonds is 7. The molecule has 146 valence electrons. The summed E-state index contributed by atoms with van der Waals surface area (Å²) in [4.78, 5) is 35.6. The molecule has 0 unspecified atom stereocenters. The van der Waals surface area contributed by atoms with Crippen molar-refractivity contribution in [3.8, 4) is 0 Å². The molecule has 26 heavy (non-hydrogen) atoms. The summed E-state index contributed by atoms with van der Waals surface area (Å²) in [7, 11) is 1.60. The van der Waals surface area contributed by atoms with Gasteiger partial charge in [-0.15, -0.1) is 0 Å². The van der Waals surface area contributed by atoms with Crippen LogP contribution in [0.15, 0.2) is 4.79 Å². The van der Waals surface area contributed by atoms with Gasteiger partial charge in [0.1, 0.15) is 0 Å². The molecule has 8 nitrogen and oxygen atoms in total. The van der Waals surface area contributed by atoms with Crippen molar-refractivity contribution in [2.45, 2.75) is 40.2 Å². The van der Waals surface area contributed by atoms with E-state index in [1.165, 1.54) is 0 Å².